The van der Waals surface area contributed by atoms with Crippen LogP contribution in [0.15, 0.2) is 54.6 Å². The molecule has 3 aromatic carbocycles. The van der Waals surface area contributed by atoms with E-state index in [0.29, 0.717) is 19.8 Å². The number of rotatable bonds is 1. The van der Waals surface area contributed by atoms with E-state index >= 15 is 0 Å². The van der Waals surface area contributed by atoms with Crippen LogP contribution in [0.3, 0.4) is 0 Å². The monoisotopic (exact) mass is 264 g/mol. The first-order chi connectivity index (χ1) is 9.92. The SMILES string of the molecule is c1ccc2cc3c(C4COCCO4)cccc3cc2c1. The third-order valence-electron chi connectivity index (χ3n) is 3.94. The van der Waals surface area contributed by atoms with Crippen LogP contribution in [0.2, 0.25) is 0 Å². The Balaban J connectivity index is 1.94. The van der Waals surface area contributed by atoms with Gasteiger partial charge in [-0.25, -0.2) is 0 Å². The molecule has 0 bridgehead atoms. The summed E-state index contributed by atoms with van der Waals surface area (Å²) < 4.78 is 11.4. The van der Waals surface area contributed by atoms with Crippen LogP contribution < -0.4 is 0 Å². The van der Waals surface area contributed by atoms with Crippen LogP contribution in [0.4, 0.5) is 0 Å². The zero-order valence-electron chi connectivity index (χ0n) is 11.2. The molecule has 0 N–H and O–H groups in total. The van der Waals surface area contributed by atoms with E-state index in [1.54, 1.807) is 0 Å². The van der Waals surface area contributed by atoms with Crippen LogP contribution in [0.1, 0.15) is 11.7 Å². The van der Waals surface area contributed by atoms with Crippen molar-refractivity contribution in [3.05, 3.63) is 60.2 Å². The molecule has 0 spiro atoms. The van der Waals surface area contributed by atoms with Gasteiger partial charge in [-0.05, 0) is 39.2 Å². The second-order valence-corrected chi connectivity index (χ2v) is 5.20. The molecule has 100 valence electrons. The van der Waals surface area contributed by atoms with Crippen LogP contribution in [0, 0.1) is 0 Å². The van der Waals surface area contributed by atoms with Gasteiger partial charge in [0.05, 0.1) is 19.8 Å². The van der Waals surface area contributed by atoms with Crippen molar-refractivity contribution >= 4 is 21.5 Å². The molecule has 1 heterocycles. The molecule has 2 nitrogen and oxygen atoms in total. The van der Waals surface area contributed by atoms with Gasteiger partial charge in [0.25, 0.3) is 0 Å². The van der Waals surface area contributed by atoms with Gasteiger partial charge in [0.2, 0.25) is 0 Å². The van der Waals surface area contributed by atoms with Gasteiger partial charge in [-0.15, -0.1) is 0 Å². The van der Waals surface area contributed by atoms with E-state index < -0.39 is 0 Å². The predicted octanol–water partition coefficient (Wildman–Crippen LogP) is 4.08. The van der Waals surface area contributed by atoms with Gasteiger partial charge in [-0.2, -0.15) is 0 Å². The van der Waals surface area contributed by atoms with E-state index in [1.807, 2.05) is 0 Å². The zero-order valence-corrected chi connectivity index (χ0v) is 11.2. The summed E-state index contributed by atoms with van der Waals surface area (Å²) in [5.41, 5.74) is 1.23. The number of hydrogen-bond donors (Lipinski definition) is 0. The number of fused-ring (bicyclic) bond motifs is 2. The Morgan fingerprint density at radius 3 is 2.40 bits per heavy atom. The van der Waals surface area contributed by atoms with Crippen LogP contribution in [-0.4, -0.2) is 19.8 Å². The molecule has 20 heavy (non-hydrogen) atoms. The first-order valence-corrected chi connectivity index (χ1v) is 7.02. The summed E-state index contributed by atoms with van der Waals surface area (Å²) in [4.78, 5) is 0. The maximum atomic E-state index is 5.86. The molecule has 1 aliphatic rings. The lowest BCUT2D eigenvalue weighted by molar-refractivity contribution is -0.0895. The van der Waals surface area contributed by atoms with Gasteiger partial charge < -0.3 is 9.47 Å². The lowest BCUT2D eigenvalue weighted by Crippen LogP contribution is -2.22. The highest BCUT2D eigenvalue weighted by atomic mass is 16.6. The molecule has 0 saturated carbocycles. The van der Waals surface area contributed by atoms with E-state index in [-0.39, 0.29) is 6.10 Å². The van der Waals surface area contributed by atoms with Crippen molar-refractivity contribution in [1.29, 1.82) is 0 Å². The minimum Gasteiger partial charge on any atom is -0.376 e. The maximum absolute atomic E-state index is 5.86. The molecule has 3 aromatic rings. The quantitative estimate of drug-likeness (QED) is 0.616. The third kappa shape index (κ3) is 1.98. The lowest BCUT2D eigenvalue weighted by Gasteiger charge is -2.24. The molecule has 1 saturated heterocycles. The van der Waals surface area contributed by atoms with Gasteiger partial charge in [0, 0.05) is 0 Å². The van der Waals surface area contributed by atoms with Crippen LogP contribution in [0.5, 0.6) is 0 Å². The number of hydrogen-bond acceptors (Lipinski definition) is 2. The van der Waals surface area contributed by atoms with Gasteiger partial charge in [0.1, 0.15) is 6.10 Å². The summed E-state index contributed by atoms with van der Waals surface area (Å²) in [5.74, 6) is 0. The van der Waals surface area contributed by atoms with Gasteiger partial charge in [-0.1, -0.05) is 42.5 Å². The number of benzene rings is 3. The summed E-state index contributed by atoms with van der Waals surface area (Å²) in [5, 5.41) is 5.07. The van der Waals surface area contributed by atoms with Crippen molar-refractivity contribution in [1.82, 2.24) is 0 Å². The van der Waals surface area contributed by atoms with Crippen molar-refractivity contribution in [2.45, 2.75) is 6.10 Å². The molecular weight excluding hydrogens is 248 g/mol. The lowest BCUT2D eigenvalue weighted by atomic mass is 9.97. The molecule has 0 radical (unpaired) electrons. The highest BCUT2D eigenvalue weighted by Crippen LogP contribution is 2.31. The average molecular weight is 264 g/mol. The molecule has 2 heteroatoms. The molecule has 1 unspecified atom stereocenters. The Bertz CT molecular complexity index is 758. The van der Waals surface area contributed by atoms with Crippen molar-refractivity contribution < 1.29 is 9.47 Å². The van der Waals surface area contributed by atoms with E-state index in [4.69, 9.17) is 9.47 Å². The summed E-state index contributed by atoms with van der Waals surface area (Å²) in [6.07, 6.45) is 0.0496. The molecular formula is C18H16O2. The third-order valence-corrected chi connectivity index (χ3v) is 3.94. The fraction of sp³-hybridized carbons (Fsp3) is 0.222. The summed E-state index contributed by atoms with van der Waals surface area (Å²) in [6.45, 7) is 2.02. The topological polar surface area (TPSA) is 18.5 Å². The first-order valence-electron chi connectivity index (χ1n) is 7.02. The Morgan fingerprint density at radius 2 is 1.60 bits per heavy atom. The molecule has 4 rings (SSSR count). The Hall–Kier alpha value is -1.90. The minimum absolute atomic E-state index is 0.0496. The largest absolute Gasteiger partial charge is 0.376 e. The molecule has 0 aliphatic carbocycles. The Labute approximate surface area is 117 Å². The number of ether oxygens (including phenoxy) is 2. The molecule has 1 aliphatic heterocycles. The second-order valence-electron chi connectivity index (χ2n) is 5.20. The Kier molecular flexibility index (Phi) is 2.91. The van der Waals surface area contributed by atoms with Crippen molar-refractivity contribution in [2.24, 2.45) is 0 Å². The van der Waals surface area contributed by atoms with Crippen LogP contribution >= 0.6 is 0 Å². The molecule has 1 atom stereocenters. The normalized spacial score (nSPS) is 19.5. The zero-order chi connectivity index (χ0) is 13.4. The summed E-state index contributed by atoms with van der Waals surface area (Å²) in [7, 11) is 0. The molecule has 0 amide bonds. The summed E-state index contributed by atoms with van der Waals surface area (Å²) in [6, 6.07) is 19.4. The standard InChI is InChI=1S/C18H16O2/c1-2-5-14-11-17-15(10-13(14)4-1)6-3-7-16(17)18-12-19-8-9-20-18/h1-7,10-11,18H,8-9,12H2. The molecule has 0 aromatic heterocycles. The van der Waals surface area contributed by atoms with Gasteiger partial charge >= 0.3 is 0 Å². The van der Waals surface area contributed by atoms with E-state index in [9.17, 15) is 0 Å². The smallest absolute Gasteiger partial charge is 0.106 e. The maximum Gasteiger partial charge on any atom is 0.106 e. The van der Waals surface area contributed by atoms with Gasteiger partial charge in [-0.3, -0.25) is 0 Å². The van der Waals surface area contributed by atoms with Crippen molar-refractivity contribution in [2.75, 3.05) is 19.8 Å². The Morgan fingerprint density at radius 1 is 0.800 bits per heavy atom. The summed E-state index contributed by atoms with van der Waals surface area (Å²) >= 11 is 0. The highest BCUT2D eigenvalue weighted by molar-refractivity contribution is 5.99. The predicted molar refractivity (Wildman–Crippen MR) is 81.0 cm³/mol. The second kappa shape index (κ2) is 4.89. The van der Waals surface area contributed by atoms with Crippen LogP contribution in [0.25, 0.3) is 21.5 Å². The average Bonchev–Trinajstić information content (AvgIpc) is 2.53. The fourth-order valence-corrected chi connectivity index (χ4v) is 2.94. The van der Waals surface area contributed by atoms with Gasteiger partial charge in [0.15, 0.2) is 0 Å². The minimum atomic E-state index is 0.0496. The van der Waals surface area contributed by atoms with E-state index in [1.165, 1.54) is 27.1 Å². The van der Waals surface area contributed by atoms with Crippen molar-refractivity contribution in [3.63, 3.8) is 0 Å². The van der Waals surface area contributed by atoms with Crippen LogP contribution in [-0.2, 0) is 9.47 Å². The van der Waals surface area contributed by atoms with Crippen molar-refractivity contribution in [3.8, 4) is 0 Å². The first kappa shape index (κ1) is 11.9. The fourth-order valence-electron chi connectivity index (χ4n) is 2.94. The molecule has 1 fully saturated rings. The van der Waals surface area contributed by atoms with E-state index in [2.05, 4.69) is 54.6 Å². The highest BCUT2D eigenvalue weighted by Gasteiger charge is 2.18. The van der Waals surface area contributed by atoms with E-state index in [0.717, 1.165) is 0 Å².